The van der Waals surface area contributed by atoms with Crippen LogP contribution in [0.15, 0.2) is 18.2 Å². The predicted octanol–water partition coefficient (Wildman–Crippen LogP) is 2.13. The van der Waals surface area contributed by atoms with E-state index >= 15 is 0 Å². The lowest BCUT2D eigenvalue weighted by Gasteiger charge is -2.11. The smallest absolute Gasteiger partial charge is 0.270 e. The highest BCUT2D eigenvalue weighted by molar-refractivity contribution is 5.85. The quantitative estimate of drug-likeness (QED) is 0.630. The Bertz CT molecular complexity index is 407. The van der Waals surface area contributed by atoms with Crippen molar-refractivity contribution in [2.75, 3.05) is 0 Å². The average molecular weight is 245 g/mol. The lowest BCUT2D eigenvalue weighted by Crippen LogP contribution is -2.12. The molecule has 1 aliphatic rings. The van der Waals surface area contributed by atoms with Gasteiger partial charge in [0, 0.05) is 23.7 Å². The van der Waals surface area contributed by atoms with Crippen LogP contribution in [0.25, 0.3) is 0 Å². The summed E-state index contributed by atoms with van der Waals surface area (Å²) in [6.45, 7) is 0. The molecule has 0 amide bonds. The fraction of sp³-hybridized carbons (Fsp3) is 0.400. The van der Waals surface area contributed by atoms with Crippen LogP contribution in [0.2, 0.25) is 0 Å². The monoisotopic (exact) mass is 244 g/mol. The fourth-order valence-electron chi connectivity index (χ4n) is 1.63. The first-order valence-corrected chi connectivity index (χ1v) is 4.82. The van der Waals surface area contributed by atoms with Crippen molar-refractivity contribution >= 4 is 18.1 Å². The Morgan fingerprint density at radius 2 is 2.12 bits per heavy atom. The summed E-state index contributed by atoms with van der Waals surface area (Å²) >= 11 is 0. The largest absolute Gasteiger partial charge is 0.508 e. The van der Waals surface area contributed by atoms with Crippen molar-refractivity contribution < 1.29 is 10.0 Å². The topological polar surface area (TPSA) is 89.4 Å². The molecule has 1 fully saturated rings. The van der Waals surface area contributed by atoms with E-state index < -0.39 is 4.92 Å². The summed E-state index contributed by atoms with van der Waals surface area (Å²) in [5.74, 6) is 0.401. The minimum atomic E-state index is -0.484. The molecule has 2 rings (SSSR count). The zero-order valence-electron chi connectivity index (χ0n) is 8.50. The number of nitro groups is 1. The second kappa shape index (κ2) is 4.67. The lowest BCUT2D eigenvalue weighted by molar-refractivity contribution is -0.385. The zero-order chi connectivity index (χ0) is 11.0. The van der Waals surface area contributed by atoms with E-state index in [2.05, 4.69) is 0 Å². The number of nitro benzene ring substituents is 1. The third kappa shape index (κ3) is 2.43. The number of non-ortho nitro benzene ring substituents is 1. The number of nitrogens with two attached hydrogens (primary N) is 1. The van der Waals surface area contributed by atoms with Crippen molar-refractivity contribution in [3.05, 3.63) is 33.9 Å². The van der Waals surface area contributed by atoms with Crippen LogP contribution in [0.3, 0.4) is 0 Å². The number of hydrogen-bond acceptors (Lipinski definition) is 4. The van der Waals surface area contributed by atoms with E-state index in [1.807, 2.05) is 0 Å². The van der Waals surface area contributed by atoms with Gasteiger partial charge in [0.2, 0.25) is 0 Å². The molecule has 0 heterocycles. The number of phenolic OH excluding ortho intramolecular Hbond substituents is 1. The summed E-state index contributed by atoms with van der Waals surface area (Å²) in [6.07, 6.45) is 2.06. The molecule has 1 atom stereocenters. The Morgan fingerprint density at radius 3 is 2.62 bits per heavy atom. The first-order valence-electron chi connectivity index (χ1n) is 4.82. The van der Waals surface area contributed by atoms with Crippen molar-refractivity contribution in [3.8, 4) is 5.75 Å². The van der Waals surface area contributed by atoms with Gasteiger partial charge >= 0.3 is 0 Å². The first kappa shape index (κ1) is 12.7. The van der Waals surface area contributed by atoms with Gasteiger partial charge in [-0.15, -0.1) is 12.4 Å². The minimum absolute atomic E-state index is 0. The third-order valence-corrected chi connectivity index (χ3v) is 2.71. The van der Waals surface area contributed by atoms with Gasteiger partial charge in [0.25, 0.3) is 5.69 Å². The molecule has 16 heavy (non-hydrogen) atoms. The van der Waals surface area contributed by atoms with Crippen molar-refractivity contribution in [1.82, 2.24) is 0 Å². The Balaban J connectivity index is 0.00000128. The molecule has 3 N–H and O–H groups in total. The zero-order valence-corrected chi connectivity index (χ0v) is 9.31. The molecule has 0 aliphatic heterocycles. The van der Waals surface area contributed by atoms with E-state index in [-0.39, 0.29) is 29.9 Å². The molecule has 0 unspecified atom stereocenters. The van der Waals surface area contributed by atoms with Gasteiger partial charge in [0.15, 0.2) is 0 Å². The van der Waals surface area contributed by atoms with Crippen molar-refractivity contribution in [3.63, 3.8) is 0 Å². The Labute approximate surface area is 98.8 Å². The summed E-state index contributed by atoms with van der Waals surface area (Å²) in [4.78, 5) is 10.1. The van der Waals surface area contributed by atoms with Crippen LogP contribution in [-0.2, 0) is 0 Å². The minimum Gasteiger partial charge on any atom is -0.508 e. The second-order valence-electron chi connectivity index (χ2n) is 3.86. The second-order valence-corrected chi connectivity index (χ2v) is 3.86. The van der Waals surface area contributed by atoms with Gasteiger partial charge in [-0.1, -0.05) is 0 Å². The van der Waals surface area contributed by atoms with Gasteiger partial charge in [-0.2, -0.15) is 0 Å². The van der Waals surface area contributed by atoms with Gasteiger partial charge in [-0.05, 0) is 24.8 Å². The third-order valence-electron chi connectivity index (χ3n) is 2.71. The molecule has 0 aromatic heterocycles. The normalized spacial score (nSPS) is 16.3. The summed E-state index contributed by atoms with van der Waals surface area (Å²) in [5.41, 5.74) is 6.34. The van der Waals surface area contributed by atoms with E-state index in [4.69, 9.17) is 5.73 Å². The van der Waals surface area contributed by atoms with Crippen LogP contribution in [0, 0.1) is 16.0 Å². The molecule has 88 valence electrons. The lowest BCUT2D eigenvalue weighted by atomic mass is 10.0. The molecule has 5 nitrogen and oxygen atoms in total. The highest BCUT2D eigenvalue weighted by Crippen LogP contribution is 2.42. The number of aromatic hydroxyl groups is 1. The molecule has 0 radical (unpaired) electrons. The maximum atomic E-state index is 10.6. The van der Waals surface area contributed by atoms with Gasteiger partial charge in [-0.25, -0.2) is 0 Å². The van der Waals surface area contributed by atoms with E-state index in [1.54, 1.807) is 0 Å². The van der Waals surface area contributed by atoms with Gasteiger partial charge in [0.05, 0.1) is 4.92 Å². The van der Waals surface area contributed by atoms with Crippen molar-refractivity contribution in [2.45, 2.75) is 18.9 Å². The Morgan fingerprint density at radius 1 is 1.50 bits per heavy atom. The van der Waals surface area contributed by atoms with Crippen LogP contribution in [-0.4, -0.2) is 10.0 Å². The Kier molecular flexibility index (Phi) is 3.72. The van der Waals surface area contributed by atoms with Gasteiger partial charge in [0.1, 0.15) is 5.75 Å². The van der Waals surface area contributed by atoms with Crippen molar-refractivity contribution in [1.29, 1.82) is 0 Å². The van der Waals surface area contributed by atoms with E-state index in [9.17, 15) is 15.2 Å². The fourth-order valence-corrected chi connectivity index (χ4v) is 1.63. The van der Waals surface area contributed by atoms with Crippen LogP contribution in [0.4, 0.5) is 5.69 Å². The molecule has 1 aromatic carbocycles. The summed E-state index contributed by atoms with van der Waals surface area (Å²) in [7, 11) is 0. The number of rotatable bonds is 3. The number of phenols is 1. The molecule has 1 saturated carbocycles. The summed E-state index contributed by atoms with van der Waals surface area (Å²) in [6, 6.07) is 3.68. The number of hydrogen-bond donors (Lipinski definition) is 2. The summed E-state index contributed by atoms with van der Waals surface area (Å²) < 4.78 is 0. The first-order chi connectivity index (χ1) is 7.09. The van der Waals surface area contributed by atoms with Crippen LogP contribution < -0.4 is 5.73 Å². The van der Waals surface area contributed by atoms with Crippen LogP contribution in [0.5, 0.6) is 5.75 Å². The predicted molar refractivity (Wildman–Crippen MR) is 61.7 cm³/mol. The van der Waals surface area contributed by atoms with E-state index in [0.717, 1.165) is 12.8 Å². The van der Waals surface area contributed by atoms with E-state index in [0.29, 0.717) is 11.5 Å². The Hall–Kier alpha value is -1.33. The van der Waals surface area contributed by atoms with Crippen LogP contribution in [0.1, 0.15) is 24.4 Å². The molecule has 0 saturated heterocycles. The number of halogens is 1. The molecule has 0 bridgehead atoms. The van der Waals surface area contributed by atoms with Gasteiger partial charge in [-0.3, -0.25) is 10.1 Å². The molecule has 1 aliphatic carbocycles. The molecule has 1 aromatic rings. The molecular weight excluding hydrogens is 232 g/mol. The van der Waals surface area contributed by atoms with E-state index in [1.165, 1.54) is 18.2 Å². The average Bonchev–Trinajstić information content (AvgIpc) is 3.00. The number of nitrogens with zero attached hydrogens (tertiary/aromatic N) is 1. The van der Waals surface area contributed by atoms with Crippen molar-refractivity contribution in [2.24, 2.45) is 11.7 Å². The molecule has 6 heteroatoms. The van der Waals surface area contributed by atoms with Crippen LogP contribution >= 0.6 is 12.4 Å². The SMILES string of the molecule is Cl.N[C@H](c1cc([N+](=O)[O-])ccc1O)C1CC1. The number of benzene rings is 1. The van der Waals surface area contributed by atoms with Gasteiger partial charge < -0.3 is 10.8 Å². The highest BCUT2D eigenvalue weighted by Gasteiger charge is 2.31. The standard InChI is InChI=1S/C10H12N2O3.ClH/c11-10(6-1-2-6)8-5-7(12(14)15)3-4-9(8)13;/h3-6,10,13H,1-2,11H2;1H/t10-;/m0./s1. The maximum Gasteiger partial charge on any atom is 0.270 e. The maximum absolute atomic E-state index is 10.6. The molecule has 0 spiro atoms. The molecular formula is C10H13ClN2O3. The summed E-state index contributed by atoms with van der Waals surface area (Å²) in [5, 5.41) is 20.1. The highest BCUT2D eigenvalue weighted by atomic mass is 35.5.